The number of amides is 1. The van der Waals surface area contributed by atoms with Gasteiger partial charge in [0.15, 0.2) is 0 Å². The standard InChI is InChI=1S/C18H37NO/c1-8-9-10-11-12-13-14-16(2,3)18(6,7)17(4,5)15(19)20/h8-14H2,1-7H3,(H2,19,20). The predicted molar refractivity (Wildman–Crippen MR) is 88.5 cm³/mol. The molecular weight excluding hydrogens is 246 g/mol. The molecule has 2 nitrogen and oxygen atoms in total. The first kappa shape index (κ1) is 19.5. The van der Waals surface area contributed by atoms with Gasteiger partial charge in [-0.1, -0.05) is 87.0 Å². The van der Waals surface area contributed by atoms with Crippen molar-refractivity contribution in [2.75, 3.05) is 0 Å². The highest BCUT2D eigenvalue weighted by Gasteiger charge is 2.50. The van der Waals surface area contributed by atoms with E-state index >= 15 is 0 Å². The third-order valence-electron chi connectivity index (χ3n) is 6.03. The first-order valence-electron chi connectivity index (χ1n) is 8.30. The van der Waals surface area contributed by atoms with Crippen LogP contribution in [0.5, 0.6) is 0 Å². The molecule has 0 fully saturated rings. The zero-order valence-corrected chi connectivity index (χ0v) is 14.9. The van der Waals surface area contributed by atoms with Crippen molar-refractivity contribution in [2.24, 2.45) is 22.0 Å². The third kappa shape index (κ3) is 4.49. The molecule has 0 heterocycles. The van der Waals surface area contributed by atoms with E-state index in [9.17, 15) is 4.79 Å². The summed E-state index contributed by atoms with van der Waals surface area (Å²) in [5, 5.41) is 0. The summed E-state index contributed by atoms with van der Waals surface area (Å²) in [5.74, 6) is -0.196. The van der Waals surface area contributed by atoms with Gasteiger partial charge in [-0.2, -0.15) is 0 Å². The second-order valence-electron chi connectivity index (χ2n) is 8.02. The van der Waals surface area contributed by atoms with Crippen LogP contribution in [0.4, 0.5) is 0 Å². The molecule has 0 radical (unpaired) electrons. The minimum Gasteiger partial charge on any atom is -0.369 e. The largest absolute Gasteiger partial charge is 0.369 e. The van der Waals surface area contributed by atoms with Gasteiger partial charge in [-0.05, 0) is 17.3 Å². The van der Waals surface area contributed by atoms with E-state index < -0.39 is 5.41 Å². The normalized spacial score (nSPS) is 13.6. The third-order valence-corrected chi connectivity index (χ3v) is 6.03. The fraction of sp³-hybridized carbons (Fsp3) is 0.944. The Morgan fingerprint density at radius 2 is 1.30 bits per heavy atom. The van der Waals surface area contributed by atoms with Crippen molar-refractivity contribution in [2.45, 2.75) is 93.4 Å². The number of hydrogen-bond donors (Lipinski definition) is 1. The molecule has 0 aliphatic rings. The van der Waals surface area contributed by atoms with Crippen LogP contribution >= 0.6 is 0 Å². The van der Waals surface area contributed by atoms with E-state index in [2.05, 4.69) is 34.6 Å². The smallest absolute Gasteiger partial charge is 0.223 e. The molecule has 1 amide bonds. The Hall–Kier alpha value is -0.530. The van der Waals surface area contributed by atoms with Crippen LogP contribution in [0, 0.1) is 16.2 Å². The van der Waals surface area contributed by atoms with Crippen LogP contribution in [0.25, 0.3) is 0 Å². The van der Waals surface area contributed by atoms with E-state index in [0.29, 0.717) is 0 Å². The highest BCUT2D eigenvalue weighted by atomic mass is 16.1. The summed E-state index contributed by atoms with van der Waals surface area (Å²) in [4.78, 5) is 11.8. The quantitative estimate of drug-likeness (QED) is 0.543. The lowest BCUT2D eigenvalue weighted by molar-refractivity contribution is -0.138. The second-order valence-corrected chi connectivity index (χ2v) is 8.02. The maximum absolute atomic E-state index is 11.8. The summed E-state index contributed by atoms with van der Waals surface area (Å²) < 4.78 is 0. The van der Waals surface area contributed by atoms with E-state index in [1.165, 1.54) is 38.5 Å². The maximum Gasteiger partial charge on any atom is 0.223 e. The average molecular weight is 284 g/mol. The predicted octanol–water partition coefficient (Wildman–Crippen LogP) is 5.30. The Balaban J connectivity index is 4.51. The average Bonchev–Trinajstić information content (AvgIpc) is 2.32. The number of rotatable bonds is 10. The zero-order chi connectivity index (χ0) is 16.0. The Labute approximate surface area is 126 Å². The van der Waals surface area contributed by atoms with Gasteiger partial charge in [0.2, 0.25) is 5.91 Å². The van der Waals surface area contributed by atoms with E-state index in [1.807, 2.05) is 13.8 Å². The second kappa shape index (κ2) is 7.47. The first-order chi connectivity index (χ1) is 9.00. The molecule has 0 saturated carbocycles. The van der Waals surface area contributed by atoms with Crippen molar-refractivity contribution in [3.8, 4) is 0 Å². The lowest BCUT2D eigenvalue weighted by Crippen LogP contribution is -2.51. The van der Waals surface area contributed by atoms with Crippen LogP contribution in [-0.4, -0.2) is 5.91 Å². The van der Waals surface area contributed by atoms with E-state index in [0.717, 1.165) is 6.42 Å². The van der Waals surface area contributed by atoms with E-state index in [1.54, 1.807) is 0 Å². The van der Waals surface area contributed by atoms with Crippen molar-refractivity contribution in [1.82, 2.24) is 0 Å². The Morgan fingerprint density at radius 1 is 0.850 bits per heavy atom. The van der Waals surface area contributed by atoms with Gasteiger partial charge in [-0.15, -0.1) is 0 Å². The molecule has 2 N–H and O–H groups in total. The molecule has 120 valence electrons. The molecule has 0 atom stereocenters. The number of carbonyl (C=O) groups is 1. The topological polar surface area (TPSA) is 43.1 Å². The van der Waals surface area contributed by atoms with Crippen molar-refractivity contribution in [3.05, 3.63) is 0 Å². The van der Waals surface area contributed by atoms with Gasteiger partial charge in [0.05, 0.1) is 0 Å². The molecule has 0 aliphatic heterocycles. The Morgan fingerprint density at radius 3 is 1.75 bits per heavy atom. The van der Waals surface area contributed by atoms with Crippen molar-refractivity contribution in [3.63, 3.8) is 0 Å². The van der Waals surface area contributed by atoms with E-state index in [-0.39, 0.29) is 16.7 Å². The summed E-state index contributed by atoms with van der Waals surface area (Å²) in [5.41, 5.74) is 5.13. The molecule has 0 aromatic heterocycles. The number of carbonyl (C=O) groups excluding carboxylic acids is 1. The van der Waals surface area contributed by atoms with Crippen LogP contribution in [0.2, 0.25) is 0 Å². The van der Waals surface area contributed by atoms with Gasteiger partial charge in [0, 0.05) is 5.41 Å². The van der Waals surface area contributed by atoms with Gasteiger partial charge in [-0.25, -0.2) is 0 Å². The SMILES string of the molecule is CCCCCCCCC(C)(C)C(C)(C)C(C)(C)C(N)=O. The maximum atomic E-state index is 11.8. The zero-order valence-electron chi connectivity index (χ0n) is 14.9. The molecule has 0 aliphatic carbocycles. The van der Waals surface area contributed by atoms with Crippen LogP contribution in [0.1, 0.15) is 93.4 Å². The first-order valence-corrected chi connectivity index (χ1v) is 8.30. The molecule has 0 bridgehead atoms. The fourth-order valence-corrected chi connectivity index (χ4v) is 2.81. The summed E-state index contributed by atoms with van der Waals surface area (Å²) in [6.07, 6.45) is 9.04. The minimum absolute atomic E-state index is 0.107. The molecular formula is C18H37NO. The summed E-state index contributed by atoms with van der Waals surface area (Å²) in [6, 6.07) is 0. The summed E-state index contributed by atoms with van der Waals surface area (Å²) in [7, 11) is 0. The van der Waals surface area contributed by atoms with Crippen LogP contribution in [-0.2, 0) is 4.79 Å². The lowest BCUT2D eigenvalue weighted by atomic mass is 9.53. The molecule has 0 saturated heterocycles. The number of primary amides is 1. The highest BCUT2D eigenvalue weighted by molar-refractivity contribution is 5.81. The van der Waals surface area contributed by atoms with Crippen molar-refractivity contribution in [1.29, 1.82) is 0 Å². The highest BCUT2D eigenvalue weighted by Crippen LogP contribution is 2.53. The molecule has 0 unspecified atom stereocenters. The van der Waals surface area contributed by atoms with Gasteiger partial charge in [0.1, 0.15) is 0 Å². The lowest BCUT2D eigenvalue weighted by Gasteiger charge is -2.50. The van der Waals surface area contributed by atoms with Crippen LogP contribution < -0.4 is 5.73 Å². The van der Waals surface area contributed by atoms with Gasteiger partial charge < -0.3 is 5.73 Å². The van der Waals surface area contributed by atoms with Gasteiger partial charge >= 0.3 is 0 Å². The molecule has 0 rings (SSSR count). The number of nitrogens with two attached hydrogens (primary N) is 1. The molecule has 0 aromatic rings. The molecule has 2 heteroatoms. The number of unbranched alkanes of at least 4 members (excludes halogenated alkanes) is 5. The molecule has 0 spiro atoms. The van der Waals surface area contributed by atoms with Crippen LogP contribution in [0.15, 0.2) is 0 Å². The van der Waals surface area contributed by atoms with Crippen LogP contribution in [0.3, 0.4) is 0 Å². The molecule has 0 aromatic carbocycles. The van der Waals surface area contributed by atoms with E-state index in [4.69, 9.17) is 5.73 Å². The van der Waals surface area contributed by atoms with Gasteiger partial charge in [-0.3, -0.25) is 4.79 Å². The molecule has 20 heavy (non-hydrogen) atoms. The summed E-state index contributed by atoms with van der Waals surface area (Å²) >= 11 is 0. The monoisotopic (exact) mass is 283 g/mol. The fourth-order valence-electron chi connectivity index (χ4n) is 2.81. The minimum atomic E-state index is -0.487. The van der Waals surface area contributed by atoms with Crippen molar-refractivity contribution < 1.29 is 4.79 Å². The van der Waals surface area contributed by atoms with Crippen molar-refractivity contribution >= 4 is 5.91 Å². The Kier molecular flexibility index (Phi) is 7.27. The summed E-state index contributed by atoms with van der Waals surface area (Å²) in [6.45, 7) is 15.2. The number of hydrogen-bond acceptors (Lipinski definition) is 1. The van der Waals surface area contributed by atoms with Gasteiger partial charge in [0.25, 0.3) is 0 Å². The Bertz CT molecular complexity index is 303.